The summed E-state index contributed by atoms with van der Waals surface area (Å²) in [5.41, 5.74) is 1.47. The van der Waals surface area contributed by atoms with Crippen LogP contribution in [0.4, 0.5) is 0 Å². The summed E-state index contributed by atoms with van der Waals surface area (Å²) in [4.78, 5) is 2.37. The van der Waals surface area contributed by atoms with Gasteiger partial charge in [-0.05, 0) is 30.7 Å². The SMILES string of the molecule is CC1CN(C)CC1(C)c1ccc(Cl)c(Cl)c1. The van der Waals surface area contributed by atoms with Gasteiger partial charge < -0.3 is 4.90 Å². The summed E-state index contributed by atoms with van der Waals surface area (Å²) in [6.45, 7) is 6.82. The highest BCUT2D eigenvalue weighted by Gasteiger charge is 2.40. The van der Waals surface area contributed by atoms with Gasteiger partial charge in [0.2, 0.25) is 0 Å². The van der Waals surface area contributed by atoms with Gasteiger partial charge in [-0.25, -0.2) is 0 Å². The van der Waals surface area contributed by atoms with Crippen LogP contribution in [0.2, 0.25) is 10.0 Å². The molecule has 0 bridgehead atoms. The van der Waals surface area contributed by atoms with Crippen LogP contribution in [0.3, 0.4) is 0 Å². The average molecular weight is 258 g/mol. The average Bonchev–Trinajstić information content (AvgIpc) is 2.46. The monoisotopic (exact) mass is 257 g/mol. The number of hydrogen-bond acceptors (Lipinski definition) is 1. The van der Waals surface area contributed by atoms with E-state index in [0.717, 1.165) is 13.1 Å². The molecule has 1 aliphatic rings. The number of likely N-dealkylation sites (N-methyl/N-ethyl adjacent to an activating group) is 1. The summed E-state index contributed by atoms with van der Waals surface area (Å²) >= 11 is 12.0. The van der Waals surface area contributed by atoms with Gasteiger partial charge in [-0.2, -0.15) is 0 Å². The summed E-state index contributed by atoms with van der Waals surface area (Å²) in [5.74, 6) is 0.634. The van der Waals surface area contributed by atoms with Gasteiger partial charge in [0.05, 0.1) is 10.0 Å². The minimum Gasteiger partial charge on any atom is -0.305 e. The van der Waals surface area contributed by atoms with Crippen LogP contribution in [0.15, 0.2) is 18.2 Å². The zero-order valence-electron chi connectivity index (χ0n) is 9.93. The Labute approximate surface area is 107 Å². The van der Waals surface area contributed by atoms with Crippen molar-refractivity contribution in [3.8, 4) is 0 Å². The maximum Gasteiger partial charge on any atom is 0.0595 e. The third kappa shape index (κ3) is 1.97. The van der Waals surface area contributed by atoms with E-state index in [0.29, 0.717) is 16.0 Å². The summed E-state index contributed by atoms with van der Waals surface area (Å²) in [6.07, 6.45) is 0. The fourth-order valence-corrected chi connectivity index (χ4v) is 2.98. The van der Waals surface area contributed by atoms with E-state index in [9.17, 15) is 0 Å². The highest BCUT2D eigenvalue weighted by atomic mass is 35.5. The van der Waals surface area contributed by atoms with Crippen LogP contribution in [-0.2, 0) is 5.41 Å². The Bertz CT molecular complexity index is 405. The van der Waals surface area contributed by atoms with E-state index in [1.807, 2.05) is 12.1 Å². The van der Waals surface area contributed by atoms with Crippen LogP contribution < -0.4 is 0 Å². The third-order valence-corrected chi connectivity index (χ3v) is 4.59. The lowest BCUT2D eigenvalue weighted by molar-refractivity contribution is 0.377. The number of likely N-dealkylation sites (tertiary alicyclic amines) is 1. The number of rotatable bonds is 1. The van der Waals surface area contributed by atoms with Gasteiger partial charge in [0, 0.05) is 18.5 Å². The van der Waals surface area contributed by atoms with Crippen molar-refractivity contribution in [3.05, 3.63) is 33.8 Å². The van der Waals surface area contributed by atoms with Crippen LogP contribution in [0.5, 0.6) is 0 Å². The second kappa shape index (κ2) is 4.21. The van der Waals surface area contributed by atoms with E-state index in [-0.39, 0.29) is 5.41 Å². The second-order valence-electron chi connectivity index (χ2n) is 5.14. The molecule has 1 aromatic rings. The maximum absolute atomic E-state index is 6.09. The first-order valence-electron chi connectivity index (χ1n) is 5.57. The number of nitrogens with zero attached hydrogens (tertiary/aromatic N) is 1. The minimum absolute atomic E-state index is 0.184. The molecule has 0 amide bonds. The lowest BCUT2D eigenvalue weighted by Crippen LogP contribution is -2.30. The van der Waals surface area contributed by atoms with Gasteiger partial charge in [-0.1, -0.05) is 43.1 Å². The maximum atomic E-state index is 6.09. The molecule has 1 heterocycles. The van der Waals surface area contributed by atoms with Crippen LogP contribution in [0, 0.1) is 5.92 Å². The first-order chi connectivity index (χ1) is 7.43. The molecule has 1 fully saturated rings. The normalized spacial score (nSPS) is 30.9. The molecule has 16 heavy (non-hydrogen) atoms. The first-order valence-corrected chi connectivity index (χ1v) is 6.33. The number of benzene rings is 1. The number of halogens is 2. The topological polar surface area (TPSA) is 3.24 Å². The molecular formula is C13H17Cl2N. The van der Waals surface area contributed by atoms with Crippen LogP contribution in [0.1, 0.15) is 19.4 Å². The fourth-order valence-electron chi connectivity index (χ4n) is 2.68. The van der Waals surface area contributed by atoms with Gasteiger partial charge in [0.25, 0.3) is 0 Å². The van der Waals surface area contributed by atoms with Crippen molar-refractivity contribution in [2.75, 3.05) is 20.1 Å². The molecule has 2 atom stereocenters. The highest BCUT2D eigenvalue weighted by molar-refractivity contribution is 6.42. The van der Waals surface area contributed by atoms with Crippen molar-refractivity contribution in [3.63, 3.8) is 0 Å². The lowest BCUT2D eigenvalue weighted by atomic mass is 9.75. The Morgan fingerprint density at radius 2 is 2.00 bits per heavy atom. The Hall–Kier alpha value is -0.240. The molecule has 2 unspecified atom stereocenters. The zero-order chi connectivity index (χ0) is 11.9. The minimum atomic E-state index is 0.184. The van der Waals surface area contributed by atoms with Gasteiger partial charge in [0.1, 0.15) is 0 Å². The third-order valence-electron chi connectivity index (χ3n) is 3.85. The van der Waals surface area contributed by atoms with Gasteiger partial charge in [-0.15, -0.1) is 0 Å². The Kier molecular flexibility index (Phi) is 3.22. The summed E-state index contributed by atoms with van der Waals surface area (Å²) in [5, 5.41) is 1.29. The van der Waals surface area contributed by atoms with Gasteiger partial charge in [0.15, 0.2) is 0 Å². The molecule has 1 nitrogen and oxygen atoms in total. The summed E-state index contributed by atoms with van der Waals surface area (Å²) in [7, 11) is 2.17. The smallest absolute Gasteiger partial charge is 0.0595 e. The molecule has 88 valence electrons. The zero-order valence-corrected chi connectivity index (χ0v) is 11.4. The number of hydrogen-bond donors (Lipinski definition) is 0. The van der Waals surface area contributed by atoms with E-state index in [2.05, 4.69) is 31.9 Å². The van der Waals surface area contributed by atoms with E-state index >= 15 is 0 Å². The Morgan fingerprint density at radius 1 is 1.31 bits per heavy atom. The van der Waals surface area contributed by atoms with E-state index in [1.54, 1.807) is 0 Å². The van der Waals surface area contributed by atoms with Gasteiger partial charge in [-0.3, -0.25) is 0 Å². The summed E-state index contributed by atoms with van der Waals surface area (Å²) in [6, 6.07) is 6.01. The van der Waals surface area contributed by atoms with Gasteiger partial charge >= 0.3 is 0 Å². The molecule has 0 radical (unpaired) electrons. The molecule has 0 aliphatic carbocycles. The van der Waals surface area contributed by atoms with Crippen molar-refractivity contribution in [1.29, 1.82) is 0 Å². The van der Waals surface area contributed by atoms with Crippen molar-refractivity contribution in [2.45, 2.75) is 19.3 Å². The molecule has 1 aliphatic heterocycles. The molecule has 3 heteroatoms. The quantitative estimate of drug-likeness (QED) is 0.739. The predicted molar refractivity (Wildman–Crippen MR) is 70.5 cm³/mol. The Morgan fingerprint density at radius 3 is 2.50 bits per heavy atom. The largest absolute Gasteiger partial charge is 0.305 e. The second-order valence-corrected chi connectivity index (χ2v) is 5.96. The van der Waals surface area contributed by atoms with Crippen molar-refractivity contribution < 1.29 is 0 Å². The molecular weight excluding hydrogens is 241 g/mol. The van der Waals surface area contributed by atoms with E-state index in [4.69, 9.17) is 23.2 Å². The van der Waals surface area contributed by atoms with Crippen molar-refractivity contribution in [2.24, 2.45) is 5.92 Å². The van der Waals surface area contributed by atoms with E-state index in [1.165, 1.54) is 5.56 Å². The molecule has 1 aromatic carbocycles. The molecule has 0 spiro atoms. The van der Waals surface area contributed by atoms with Crippen LogP contribution in [-0.4, -0.2) is 25.0 Å². The molecule has 2 rings (SSSR count). The molecule has 0 aromatic heterocycles. The lowest BCUT2D eigenvalue weighted by Gasteiger charge is -2.29. The first kappa shape index (κ1) is 12.2. The molecule has 0 N–H and O–H groups in total. The Balaban J connectivity index is 2.39. The highest BCUT2D eigenvalue weighted by Crippen LogP contribution is 2.39. The van der Waals surface area contributed by atoms with E-state index < -0.39 is 0 Å². The summed E-state index contributed by atoms with van der Waals surface area (Å²) < 4.78 is 0. The van der Waals surface area contributed by atoms with Crippen molar-refractivity contribution >= 4 is 23.2 Å². The standard InChI is InChI=1S/C13H17Cl2N/c1-9-7-16(3)8-13(9,2)10-4-5-11(14)12(15)6-10/h4-6,9H,7-8H2,1-3H3. The predicted octanol–water partition coefficient (Wildman–Crippen LogP) is 3.83. The van der Waals surface area contributed by atoms with Crippen molar-refractivity contribution in [1.82, 2.24) is 4.90 Å². The molecule has 1 saturated heterocycles. The fraction of sp³-hybridized carbons (Fsp3) is 0.538. The molecule has 0 saturated carbocycles. The van der Waals surface area contributed by atoms with Crippen LogP contribution in [0.25, 0.3) is 0 Å². The van der Waals surface area contributed by atoms with Crippen LogP contribution >= 0.6 is 23.2 Å².